The number of H-pyrrole nitrogens is 1. The summed E-state index contributed by atoms with van der Waals surface area (Å²) in [5.41, 5.74) is 3.66. The molecule has 6 heteroatoms. The first-order chi connectivity index (χ1) is 11.2. The number of fused-ring (bicyclic) bond motifs is 1. The Hall–Kier alpha value is -1.78. The Bertz CT molecular complexity index is 797. The first kappa shape index (κ1) is 14.8. The summed E-state index contributed by atoms with van der Waals surface area (Å²) < 4.78 is 0. The molecule has 0 radical (unpaired) electrons. The molecule has 0 saturated carbocycles. The van der Waals surface area contributed by atoms with Crippen molar-refractivity contribution in [2.45, 2.75) is 19.3 Å². The number of aromatic amines is 1. The fourth-order valence-corrected chi connectivity index (χ4v) is 3.30. The van der Waals surface area contributed by atoms with Gasteiger partial charge >= 0.3 is 0 Å². The first-order valence-corrected chi connectivity index (χ1v) is 8.53. The predicted molar refractivity (Wildman–Crippen MR) is 95.4 cm³/mol. The van der Waals surface area contributed by atoms with Crippen LogP contribution in [0.3, 0.4) is 0 Å². The second kappa shape index (κ2) is 6.02. The lowest BCUT2D eigenvalue weighted by Gasteiger charge is -2.28. The molecule has 2 aromatic heterocycles. The smallest absolute Gasteiger partial charge is 0.179 e. The lowest BCUT2D eigenvalue weighted by atomic mass is 10.1. The van der Waals surface area contributed by atoms with Gasteiger partial charge in [0.2, 0.25) is 0 Å². The van der Waals surface area contributed by atoms with Gasteiger partial charge in [0.1, 0.15) is 11.0 Å². The highest BCUT2D eigenvalue weighted by Crippen LogP contribution is 2.27. The van der Waals surface area contributed by atoms with Crippen molar-refractivity contribution in [3.63, 3.8) is 0 Å². The van der Waals surface area contributed by atoms with Crippen molar-refractivity contribution in [1.82, 2.24) is 15.0 Å². The number of benzene rings is 1. The van der Waals surface area contributed by atoms with E-state index in [9.17, 15) is 0 Å². The van der Waals surface area contributed by atoms with Crippen molar-refractivity contribution < 1.29 is 0 Å². The summed E-state index contributed by atoms with van der Waals surface area (Å²) in [5.74, 6) is 0.774. The zero-order valence-electron chi connectivity index (χ0n) is 12.5. The average molecular weight is 347 g/mol. The van der Waals surface area contributed by atoms with Crippen LogP contribution < -0.4 is 4.90 Å². The van der Waals surface area contributed by atoms with E-state index in [4.69, 9.17) is 23.2 Å². The van der Waals surface area contributed by atoms with Crippen LogP contribution in [0.5, 0.6) is 0 Å². The number of halogens is 2. The van der Waals surface area contributed by atoms with Crippen LogP contribution in [-0.2, 0) is 0 Å². The Morgan fingerprint density at radius 1 is 0.957 bits per heavy atom. The molecule has 1 aromatic carbocycles. The predicted octanol–water partition coefficient (Wildman–Crippen LogP) is 4.92. The first-order valence-electron chi connectivity index (χ1n) is 7.78. The van der Waals surface area contributed by atoms with Crippen molar-refractivity contribution in [2.24, 2.45) is 0 Å². The van der Waals surface area contributed by atoms with Crippen LogP contribution in [0.15, 0.2) is 30.3 Å². The molecule has 0 spiro atoms. The van der Waals surface area contributed by atoms with Crippen LogP contribution in [0, 0.1) is 0 Å². The number of nitrogens with one attached hydrogen (secondary N) is 1. The molecule has 3 heterocycles. The van der Waals surface area contributed by atoms with E-state index in [0.29, 0.717) is 10.7 Å². The van der Waals surface area contributed by atoms with Crippen LogP contribution in [-0.4, -0.2) is 28.0 Å². The Morgan fingerprint density at radius 3 is 2.43 bits per heavy atom. The van der Waals surface area contributed by atoms with E-state index in [-0.39, 0.29) is 5.15 Å². The maximum absolute atomic E-state index is 6.00. The molecule has 1 saturated heterocycles. The molecular weight excluding hydrogens is 331 g/mol. The van der Waals surface area contributed by atoms with Crippen molar-refractivity contribution in [3.8, 4) is 11.4 Å². The zero-order valence-corrected chi connectivity index (χ0v) is 14.0. The molecule has 0 aliphatic carbocycles. The number of nitrogens with zero attached hydrogens (tertiary/aromatic N) is 3. The molecule has 3 aromatic rings. The molecule has 0 unspecified atom stereocenters. The summed E-state index contributed by atoms with van der Waals surface area (Å²) in [6.07, 6.45) is 3.89. The lowest BCUT2D eigenvalue weighted by Crippen LogP contribution is -2.29. The van der Waals surface area contributed by atoms with Crippen molar-refractivity contribution in [2.75, 3.05) is 18.0 Å². The van der Waals surface area contributed by atoms with Gasteiger partial charge in [0, 0.05) is 24.3 Å². The number of pyridine rings is 1. The quantitative estimate of drug-likeness (QED) is 0.669. The molecule has 1 N–H and O–H groups in total. The number of imidazole rings is 1. The molecule has 1 aliphatic heterocycles. The highest BCUT2D eigenvalue weighted by Gasteiger charge is 2.12. The number of rotatable bonds is 2. The number of anilines is 1. The van der Waals surface area contributed by atoms with Gasteiger partial charge in [0.05, 0.1) is 10.5 Å². The Balaban J connectivity index is 1.65. The normalized spacial score (nSPS) is 15.3. The fourth-order valence-electron chi connectivity index (χ4n) is 3.01. The molecule has 0 atom stereocenters. The van der Waals surface area contributed by atoms with Gasteiger partial charge < -0.3 is 9.88 Å². The van der Waals surface area contributed by atoms with Gasteiger partial charge in [-0.2, -0.15) is 0 Å². The minimum atomic E-state index is 0.276. The van der Waals surface area contributed by atoms with Gasteiger partial charge in [-0.15, -0.1) is 0 Å². The van der Waals surface area contributed by atoms with E-state index in [1.54, 1.807) is 6.07 Å². The maximum atomic E-state index is 6.00. The summed E-state index contributed by atoms with van der Waals surface area (Å²) in [4.78, 5) is 14.4. The average Bonchev–Trinajstić information content (AvgIpc) is 2.99. The van der Waals surface area contributed by atoms with Crippen LogP contribution in [0.2, 0.25) is 10.2 Å². The van der Waals surface area contributed by atoms with Crippen molar-refractivity contribution >= 4 is 40.1 Å². The van der Waals surface area contributed by atoms with Gasteiger partial charge in [-0.25, -0.2) is 9.97 Å². The number of piperidine rings is 1. The van der Waals surface area contributed by atoms with E-state index in [0.717, 1.165) is 30.0 Å². The summed E-state index contributed by atoms with van der Waals surface area (Å²) in [5, 5.41) is 0.701. The Labute approximate surface area is 144 Å². The minimum absolute atomic E-state index is 0.276. The molecule has 23 heavy (non-hydrogen) atoms. The Morgan fingerprint density at radius 2 is 1.70 bits per heavy atom. The lowest BCUT2D eigenvalue weighted by molar-refractivity contribution is 0.578. The minimum Gasteiger partial charge on any atom is -0.372 e. The molecule has 0 amide bonds. The van der Waals surface area contributed by atoms with Crippen LogP contribution in [0.4, 0.5) is 5.69 Å². The summed E-state index contributed by atoms with van der Waals surface area (Å²) in [6, 6.07) is 10.2. The SMILES string of the molecule is Clc1cc2[nH]c(-c3ccc(N4CCCCC4)cc3)nc2nc1Cl. The molecule has 4 rings (SSSR count). The zero-order chi connectivity index (χ0) is 15.8. The highest BCUT2D eigenvalue weighted by atomic mass is 35.5. The summed E-state index contributed by atoms with van der Waals surface area (Å²) in [7, 11) is 0. The van der Waals surface area contributed by atoms with Crippen LogP contribution in [0.1, 0.15) is 19.3 Å². The largest absolute Gasteiger partial charge is 0.372 e. The van der Waals surface area contributed by atoms with Crippen molar-refractivity contribution in [1.29, 1.82) is 0 Å². The summed E-state index contributed by atoms with van der Waals surface area (Å²) >= 11 is 11.9. The van der Waals surface area contributed by atoms with Gasteiger partial charge in [0.15, 0.2) is 5.65 Å². The third kappa shape index (κ3) is 2.89. The Kier molecular flexibility index (Phi) is 3.87. The van der Waals surface area contributed by atoms with E-state index >= 15 is 0 Å². The van der Waals surface area contributed by atoms with Gasteiger partial charge in [0.25, 0.3) is 0 Å². The van der Waals surface area contributed by atoms with Gasteiger partial charge in [-0.3, -0.25) is 0 Å². The molecule has 1 fully saturated rings. The maximum Gasteiger partial charge on any atom is 0.179 e. The second-order valence-electron chi connectivity index (χ2n) is 5.81. The van der Waals surface area contributed by atoms with E-state index in [1.807, 2.05) is 0 Å². The van der Waals surface area contributed by atoms with Crippen LogP contribution in [0.25, 0.3) is 22.6 Å². The fraction of sp³-hybridized carbons (Fsp3) is 0.294. The highest BCUT2D eigenvalue weighted by molar-refractivity contribution is 6.41. The van der Waals surface area contributed by atoms with Gasteiger partial charge in [-0.05, 0) is 49.6 Å². The van der Waals surface area contributed by atoms with E-state index < -0.39 is 0 Å². The monoisotopic (exact) mass is 346 g/mol. The third-order valence-corrected chi connectivity index (χ3v) is 4.92. The van der Waals surface area contributed by atoms with Gasteiger partial charge in [-0.1, -0.05) is 23.2 Å². The molecule has 0 bridgehead atoms. The van der Waals surface area contributed by atoms with E-state index in [2.05, 4.69) is 44.1 Å². The molecule has 118 valence electrons. The molecule has 4 nitrogen and oxygen atoms in total. The van der Waals surface area contributed by atoms with Crippen LogP contribution >= 0.6 is 23.2 Å². The third-order valence-electron chi connectivity index (χ3n) is 4.25. The van der Waals surface area contributed by atoms with E-state index in [1.165, 1.54) is 24.9 Å². The summed E-state index contributed by atoms with van der Waals surface area (Å²) in [6.45, 7) is 2.29. The van der Waals surface area contributed by atoms with Crippen molar-refractivity contribution in [3.05, 3.63) is 40.5 Å². The topological polar surface area (TPSA) is 44.8 Å². The number of hydrogen-bond donors (Lipinski definition) is 1. The molecular formula is C17H16Cl2N4. The number of aromatic nitrogens is 3. The molecule has 1 aliphatic rings. The standard InChI is InChI=1S/C17H16Cl2N4/c18-13-10-14-17(21-15(13)19)22-16(20-14)11-4-6-12(7-5-11)23-8-2-1-3-9-23/h4-7,10H,1-3,8-9H2,(H,20,21,22). The second-order valence-corrected chi connectivity index (χ2v) is 6.58. The number of hydrogen-bond acceptors (Lipinski definition) is 3.